The summed E-state index contributed by atoms with van der Waals surface area (Å²) in [6.07, 6.45) is 3.29. The number of hydrogen-bond donors (Lipinski definition) is 1. The van der Waals surface area contributed by atoms with Crippen LogP contribution < -0.4 is 10.2 Å². The summed E-state index contributed by atoms with van der Waals surface area (Å²) in [5, 5.41) is 3.18. The van der Waals surface area contributed by atoms with E-state index in [0.29, 0.717) is 18.9 Å². The number of nitrogens with zero attached hydrogens (tertiary/aromatic N) is 3. The quantitative estimate of drug-likeness (QED) is 0.776. The van der Waals surface area contributed by atoms with E-state index in [0.717, 1.165) is 43.0 Å². The Balaban J connectivity index is 1.31. The molecule has 2 aliphatic heterocycles. The summed E-state index contributed by atoms with van der Waals surface area (Å²) in [6.45, 7) is 7.45. The highest BCUT2D eigenvalue weighted by atomic mass is 16.2. The van der Waals surface area contributed by atoms with Crippen LogP contribution in [0.25, 0.3) is 0 Å². The van der Waals surface area contributed by atoms with Gasteiger partial charge in [-0.1, -0.05) is 30.7 Å². The molecule has 2 fully saturated rings. The molecule has 158 valence electrons. The van der Waals surface area contributed by atoms with Crippen molar-refractivity contribution in [3.8, 4) is 0 Å². The predicted molar refractivity (Wildman–Crippen MR) is 117 cm³/mol. The van der Waals surface area contributed by atoms with Crippen LogP contribution in [0.3, 0.4) is 0 Å². The van der Waals surface area contributed by atoms with Crippen LogP contribution in [-0.2, 0) is 16.1 Å². The number of carbonyl (C=O) groups excluding carboxylic acids is 2. The fourth-order valence-electron chi connectivity index (χ4n) is 4.50. The first-order valence-corrected chi connectivity index (χ1v) is 10.8. The molecule has 0 radical (unpaired) electrons. The summed E-state index contributed by atoms with van der Waals surface area (Å²) in [5.74, 6) is -0.456. The minimum atomic E-state index is -0.579. The largest absolute Gasteiger partial charge is 0.352 e. The molecule has 2 saturated heterocycles. The number of aryl methyl sites for hydroxylation is 1. The minimum Gasteiger partial charge on any atom is -0.352 e. The maximum Gasteiger partial charge on any atom is 0.239 e. The lowest BCUT2D eigenvalue weighted by Gasteiger charge is -2.37. The predicted octanol–water partition coefficient (Wildman–Crippen LogP) is 2.77. The van der Waals surface area contributed by atoms with Crippen molar-refractivity contribution >= 4 is 17.5 Å². The van der Waals surface area contributed by atoms with Gasteiger partial charge in [-0.05, 0) is 49.9 Å². The third-order valence-corrected chi connectivity index (χ3v) is 6.30. The average Bonchev–Trinajstić information content (AvgIpc) is 3.13. The summed E-state index contributed by atoms with van der Waals surface area (Å²) in [5.41, 5.74) is 3.10. The highest BCUT2D eigenvalue weighted by molar-refractivity contribution is 6.09. The molecule has 3 unspecified atom stereocenters. The van der Waals surface area contributed by atoms with Crippen molar-refractivity contribution in [1.82, 2.24) is 15.2 Å². The van der Waals surface area contributed by atoms with Crippen molar-refractivity contribution in [1.29, 1.82) is 0 Å². The number of likely N-dealkylation sites (tertiary alicyclic amines) is 1. The molecule has 1 aromatic carbocycles. The van der Waals surface area contributed by atoms with E-state index < -0.39 is 5.92 Å². The van der Waals surface area contributed by atoms with Gasteiger partial charge in [0.2, 0.25) is 11.8 Å². The molecule has 1 aromatic heterocycles. The van der Waals surface area contributed by atoms with Gasteiger partial charge in [0.15, 0.2) is 0 Å². The highest BCUT2D eigenvalue weighted by Gasteiger charge is 2.39. The highest BCUT2D eigenvalue weighted by Crippen LogP contribution is 2.26. The molecule has 0 saturated carbocycles. The van der Waals surface area contributed by atoms with E-state index in [1.165, 1.54) is 0 Å². The Hall–Kier alpha value is -2.73. The number of amides is 2. The van der Waals surface area contributed by atoms with Crippen molar-refractivity contribution < 1.29 is 9.59 Å². The van der Waals surface area contributed by atoms with Crippen LogP contribution in [0, 0.1) is 18.8 Å². The van der Waals surface area contributed by atoms with E-state index in [-0.39, 0.29) is 17.9 Å². The van der Waals surface area contributed by atoms with Crippen LogP contribution in [0.5, 0.6) is 0 Å². The normalized spacial score (nSPS) is 24.8. The van der Waals surface area contributed by atoms with Gasteiger partial charge in [0, 0.05) is 44.1 Å². The fourth-order valence-corrected chi connectivity index (χ4v) is 4.50. The average molecular weight is 407 g/mol. The van der Waals surface area contributed by atoms with Gasteiger partial charge in [0.05, 0.1) is 5.69 Å². The number of anilines is 1. The summed E-state index contributed by atoms with van der Waals surface area (Å²) < 4.78 is 0. The second-order valence-corrected chi connectivity index (χ2v) is 8.60. The summed E-state index contributed by atoms with van der Waals surface area (Å²) in [6, 6.07) is 14.0. The van der Waals surface area contributed by atoms with E-state index in [9.17, 15) is 9.59 Å². The Bertz CT molecular complexity index is 884. The van der Waals surface area contributed by atoms with Gasteiger partial charge >= 0.3 is 0 Å². The molecule has 6 heteroatoms. The van der Waals surface area contributed by atoms with Gasteiger partial charge in [0.25, 0.3) is 0 Å². The number of piperidine rings is 1. The van der Waals surface area contributed by atoms with E-state index in [2.05, 4.69) is 22.1 Å². The maximum absolute atomic E-state index is 12.9. The number of pyridine rings is 1. The molecule has 2 amide bonds. The second-order valence-electron chi connectivity index (χ2n) is 8.60. The molecule has 3 heterocycles. The monoisotopic (exact) mass is 406 g/mol. The van der Waals surface area contributed by atoms with E-state index >= 15 is 0 Å². The Morgan fingerprint density at radius 1 is 1.13 bits per heavy atom. The lowest BCUT2D eigenvalue weighted by atomic mass is 9.92. The Morgan fingerprint density at radius 3 is 2.63 bits per heavy atom. The molecular formula is C24H30N4O2. The third-order valence-electron chi connectivity index (χ3n) is 6.30. The Morgan fingerprint density at radius 2 is 1.93 bits per heavy atom. The molecule has 3 atom stereocenters. The lowest BCUT2D eigenvalue weighted by molar-refractivity contribution is -0.133. The Kier molecular flexibility index (Phi) is 6.13. The fraction of sp³-hybridized carbons (Fsp3) is 0.458. The molecule has 0 spiro atoms. The molecular weight excluding hydrogens is 376 g/mol. The number of carbonyl (C=O) groups is 2. The lowest BCUT2D eigenvalue weighted by Crippen LogP contribution is -2.51. The summed E-state index contributed by atoms with van der Waals surface area (Å²) in [7, 11) is 0. The SMILES string of the molecule is Cc1ccc(N2CCC(C(=O)NC3CCN(Cc4ccccn4)CC3C)C2=O)cc1. The van der Waals surface area contributed by atoms with Gasteiger partial charge in [-0.2, -0.15) is 0 Å². The van der Waals surface area contributed by atoms with Crippen LogP contribution in [0.4, 0.5) is 5.69 Å². The zero-order valence-corrected chi connectivity index (χ0v) is 17.8. The van der Waals surface area contributed by atoms with E-state index in [4.69, 9.17) is 0 Å². The number of hydrogen-bond acceptors (Lipinski definition) is 4. The molecule has 4 rings (SSSR count). The van der Waals surface area contributed by atoms with Crippen LogP contribution in [0.1, 0.15) is 31.0 Å². The van der Waals surface area contributed by atoms with Gasteiger partial charge < -0.3 is 10.2 Å². The molecule has 0 aliphatic carbocycles. The first-order valence-electron chi connectivity index (χ1n) is 10.8. The zero-order valence-electron chi connectivity index (χ0n) is 17.8. The van der Waals surface area contributed by atoms with Crippen LogP contribution in [-0.4, -0.2) is 47.4 Å². The van der Waals surface area contributed by atoms with Crippen molar-refractivity contribution in [3.05, 3.63) is 59.9 Å². The first-order chi connectivity index (χ1) is 14.5. The van der Waals surface area contributed by atoms with E-state index in [1.807, 2.05) is 55.6 Å². The first kappa shape index (κ1) is 20.5. The molecule has 6 nitrogen and oxygen atoms in total. The van der Waals surface area contributed by atoms with Gasteiger partial charge in [0.1, 0.15) is 5.92 Å². The van der Waals surface area contributed by atoms with Crippen LogP contribution >= 0.6 is 0 Å². The third kappa shape index (κ3) is 4.54. The second kappa shape index (κ2) is 8.96. The van der Waals surface area contributed by atoms with Crippen molar-refractivity contribution in [2.24, 2.45) is 11.8 Å². The van der Waals surface area contributed by atoms with Crippen LogP contribution in [0.2, 0.25) is 0 Å². The van der Waals surface area contributed by atoms with Crippen molar-refractivity contribution in [2.75, 3.05) is 24.5 Å². The maximum atomic E-state index is 12.9. The molecule has 1 N–H and O–H groups in total. The standard InChI is InChI=1S/C24H30N4O2/c1-17-6-8-20(9-7-17)28-14-10-21(24(28)30)23(29)26-22-11-13-27(15-18(22)2)16-19-5-3-4-12-25-19/h3-9,12,18,21-22H,10-11,13-16H2,1-2H3,(H,26,29). The van der Waals surface area contributed by atoms with Crippen LogP contribution in [0.15, 0.2) is 48.7 Å². The zero-order chi connectivity index (χ0) is 21.1. The Labute approximate surface area is 178 Å². The van der Waals surface area contributed by atoms with Crippen molar-refractivity contribution in [3.63, 3.8) is 0 Å². The van der Waals surface area contributed by atoms with Gasteiger partial charge in [-0.25, -0.2) is 0 Å². The van der Waals surface area contributed by atoms with E-state index in [1.54, 1.807) is 4.90 Å². The summed E-state index contributed by atoms with van der Waals surface area (Å²) >= 11 is 0. The van der Waals surface area contributed by atoms with Crippen molar-refractivity contribution in [2.45, 2.75) is 39.3 Å². The molecule has 30 heavy (non-hydrogen) atoms. The molecule has 0 bridgehead atoms. The molecule has 2 aliphatic rings. The number of nitrogens with one attached hydrogen (secondary N) is 1. The number of aromatic nitrogens is 1. The summed E-state index contributed by atoms with van der Waals surface area (Å²) in [4.78, 5) is 34.3. The van der Waals surface area contributed by atoms with Gasteiger partial charge in [-0.15, -0.1) is 0 Å². The number of rotatable bonds is 5. The molecule has 2 aromatic rings. The van der Waals surface area contributed by atoms with Gasteiger partial charge in [-0.3, -0.25) is 19.5 Å². The smallest absolute Gasteiger partial charge is 0.239 e. The topological polar surface area (TPSA) is 65.5 Å². The number of benzene rings is 1. The minimum absolute atomic E-state index is 0.0865.